The Labute approximate surface area is 164 Å². The van der Waals surface area contributed by atoms with E-state index in [1.54, 1.807) is 14.2 Å². The zero-order valence-electron chi connectivity index (χ0n) is 16.8. The summed E-state index contributed by atoms with van der Waals surface area (Å²) in [5.74, 6) is 1.62. The maximum Gasteiger partial charge on any atom is 0.164 e. The monoisotopic (exact) mass is 373 g/mol. The average molecular weight is 373 g/mol. The van der Waals surface area contributed by atoms with Crippen molar-refractivity contribution in [2.24, 2.45) is 0 Å². The number of hydrogen-bond acceptors (Lipinski definition) is 4. The van der Waals surface area contributed by atoms with Crippen molar-refractivity contribution in [2.75, 3.05) is 14.2 Å². The summed E-state index contributed by atoms with van der Waals surface area (Å²) >= 11 is 0. The number of aromatic nitrogens is 3. The Morgan fingerprint density at radius 2 is 1.54 bits per heavy atom. The smallest absolute Gasteiger partial charge is 0.164 e. The molecule has 2 heterocycles. The molecule has 0 amide bonds. The molecule has 0 saturated heterocycles. The fourth-order valence-electron chi connectivity index (χ4n) is 3.41. The van der Waals surface area contributed by atoms with Gasteiger partial charge >= 0.3 is 0 Å². The van der Waals surface area contributed by atoms with Crippen LogP contribution >= 0.6 is 0 Å². The van der Waals surface area contributed by atoms with Gasteiger partial charge in [0.1, 0.15) is 17.2 Å². The topological polar surface area (TPSA) is 48.7 Å². The summed E-state index contributed by atoms with van der Waals surface area (Å²) in [5, 5.41) is 4.95. The summed E-state index contributed by atoms with van der Waals surface area (Å²) in [5.41, 5.74) is 8.02. The molecule has 5 heteroatoms. The predicted molar refractivity (Wildman–Crippen MR) is 111 cm³/mol. The molecule has 0 bridgehead atoms. The maximum atomic E-state index is 5.42. The summed E-state index contributed by atoms with van der Waals surface area (Å²) in [6, 6.07) is 16.0. The molecule has 0 N–H and O–H groups in total. The van der Waals surface area contributed by atoms with Gasteiger partial charge < -0.3 is 9.47 Å². The molecule has 4 rings (SSSR count). The van der Waals surface area contributed by atoms with Gasteiger partial charge in [0.25, 0.3) is 0 Å². The molecule has 0 aliphatic rings. The number of methoxy groups -OCH3 is 2. The minimum atomic E-state index is 0.798. The van der Waals surface area contributed by atoms with Crippen LogP contribution in [0.25, 0.3) is 28.0 Å². The van der Waals surface area contributed by atoms with Crippen LogP contribution in [-0.4, -0.2) is 28.8 Å². The lowest BCUT2D eigenvalue weighted by molar-refractivity contribution is 0.415. The van der Waals surface area contributed by atoms with E-state index < -0.39 is 0 Å². The molecule has 142 valence electrons. The first-order valence-electron chi connectivity index (χ1n) is 9.19. The highest BCUT2D eigenvalue weighted by molar-refractivity contribution is 5.91. The first-order valence-corrected chi connectivity index (χ1v) is 9.19. The van der Waals surface area contributed by atoms with Crippen molar-refractivity contribution in [3.8, 4) is 33.9 Å². The molecular formula is C23H23N3O2. The van der Waals surface area contributed by atoms with E-state index in [1.807, 2.05) is 60.0 Å². The summed E-state index contributed by atoms with van der Waals surface area (Å²) in [6.07, 6.45) is 0. The van der Waals surface area contributed by atoms with Crippen LogP contribution in [-0.2, 0) is 0 Å². The van der Waals surface area contributed by atoms with Crippen molar-refractivity contribution in [1.29, 1.82) is 0 Å². The molecule has 5 nitrogen and oxygen atoms in total. The van der Waals surface area contributed by atoms with Gasteiger partial charge in [-0.25, -0.2) is 9.50 Å². The normalized spacial score (nSPS) is 11.0. The Kier molecular flexibility index (Phi) is 4.51. The van der Waals surface area contributed by atoms with Crippen molar-refractivity contribution in [2.45, 2.75) is 20.8 Å². The number of aryl methyl sites for hydroxylation is 2. The van der Waals surface area contributed by atoms with E-state index in [1.165, 1.54) is 0 Å². The summed E-state index contributed by atoms with van der Waals surface area (Å²) in [7, 11) is 3.34. The van der Waals surface area contributed by atoms with Gasteiger partial charge in [0.2, 0.25) is 0 Å². The first kappa shape index (κ1) is 18.0. The number of ether oxygens (including phenoxy) is 2. The molecule has 0 unspecified atom stereocenters. The maximum absolute atomic E-state index is 5.42. The molecular weight excluding hydrogens is 350 g/mol. The van der Waals surface area contributed by atoms with Gasteiger partial charge in [-0.15, -0.1) is 0 Å². The molecule has 2 aromatic heterocycles. The third kappa shape index (κ3) is 2.89. The molecule has 0 spiro atoms. The van der Waals surface area contributed by atoms with E-state index in [4.69, 9.17) is 19.6 Å². The third-order valence-electron chi connectivity index (χ3n) is 5.26. The molecule has 28 heavy (non-hydrogen) atoms. The number of rotatable bonds is 4. The second-order valence-electron chi connectivity index (χ2n) is 6.83. The van der Waals surface area contributed by atoms with E-state index in [0.717, 1.165) is 56.5 Å². The van der Waals surface area contributed by atoms with Gasteiger partial charge in [0.05, 0.1) is 19.8 Å². The Morgan fingerprint density at radius 3 is 2.21 bits per heavy atom. The van der Waals surface area contributed by atoms with Gasteiger partial charge in [-0.1, -0.05) is 24.3 Å². The van der Waals surface area contributed by atoms with Crippen LogP contribution in [0.2, 0.25) is 0 Å². The molecule has 0 aliphatic carbocycles. The predicted octanol–water partition coefficient (Wildman–Crippen LogP) is 5.01. The summed E-state index contributed by atoms with van der Waals surface area (Å²) in [4.78, 5) is 4.88. The van der Waals surface area contributed by atoms with Gasteiger partial charge in [0, 0.05) is 17.0 Å². The van der Waals surface area contributed by atoms with E-state index in [9.17, 15) is 0 Å². The summed E-state index contributed by atoms with van der Waals surface area (Å²) in [6.45, 7) is 6.20. The molecule has 0 radical (unpaired) electrons. The minimum Gasteiger partial charge on any atom is -0.497 e. The Bertz CT molecular complexity index is 1160. The Morgan fingerprint density at radius 1 is 0.821 bits per heavy atom. The largest absolute Gasteiger partial charge is 0.497 e. The Hall–Kier alpha value is -3.34. The lowest BCUT2D eigenvalue weighted by atomic mass is 10.0. The van der Waals surface area contributed by atoms with E-state index in [0.29, 0.717) is 0 Å². The second kappa shape index (κ2) is 7.00. The SMILES string of the molecule is COc1ccc(-c2c(-c3cccc(OC)c3)nn3c(C)c(C)c(C)nc23)cc1. The van der Waals surface area contributed by atoms with E-state index in [2.05, 4.69) is 13.8 Å². The fraction of sp³-hybridized carbons (Fsp3) is 0.217. The van der Waals surface area contributed by atoms with Crippen molar-refractivity contribution >= 4 is 5.65 Å². The zero-order valence-corrected chi connectivity index (χ0v) is 16.8. The lowest BCUT2D eigenvalue weighted by Crippen LogP contribution is -2.02. The van der Waals surface area contributed by atoms with E-state index >= 15 is 0 Å². The van der Waals surface area contributed by atoms with Crippen LogP contribution < -0.4 is 9.47 Å². The minimum absolute atomic E-state index is 0.798. The van der Waals surface area contributed by atoms with Crippen molar-refractivity contribution in [3.63, 3.8) is 0 Å². The van der Waals surface area contributed by atoms with Crippen LogP contribution in [0.5, 0.6) is 11.5 Å². The number of benzene rings is 2. The van der Waals surface area contributed by atoms with Crippen LogP contribution in [0.15, 0.2) is 48.5 Å². The fourth-order valence-corrected chi connectivity index (χ4v) is 3.41. The molecule has 2 aromatic carbocycles. The lowest BCUT2D eigenvalue weighted by Gasteiger charge is -2.08. The third-order valence-corrected chi connectivity index (χ3v) is 5.26. The highest BCUT2D eigenvalue weighted by Gasteiger charge is 2.20. The van der Waals surface area contributed by atoms with E-state index in [-0.39, 0.29) is 0 Å². The number of hydrogen-bond donors (Lipinski definition) is 0. The van der Waals surface area contributed by atoms with Crippen LogP contribution in [0.4, 0.5) is 0 Å². The van der Waals surface area contributed by atoms with Crippen LogP contribution in [0, 0.1) is 20.8 Å². The van der Waals surface area contributed by atoms with Gasteiger partial charge in [-0.05, 0) is 56.2 Å². The summed E-state index contributed by atoms with van der Waals surface area (Å²) < 4.78 is 12.7. The first-order chi connectivity index (χ1) is 13.5. The van der Waals surface area contributed by atoms with Crippen molar-refractivity contribution in [1.82, 2.24) is 14.6 Å². The second-order valence-corrected chi connectivity index (χ2v) is 6.83. The number of nitrogens with zero attached hydrogens (tertiary/aromatic N) is 3. The molecule has 4 aromatic rings. The Balaban J connectivity index is 2.06. The quantitative estimate of drug-likeness (QED) is 0.505. The average Bonchev–Trinajstić information content (AvgIpc) is 3.11. The molecule has 0 atom stereocenters. The molecule has 0 saturated carbocycles. The highest BCUT2D eigenvalue weighted by atomic mass is 16.5. The zero-order chi connectivity index (χ0) is 19.8. The van der Waals surface area contributed by atoms with Crippen LogP contribution in [0.3, 0.4) is 0 Å². The van der Waals surface area contributed by atoms with Crippen molar-refractivity contribution in [3.05, 3.63) is 65.5 Å². The molecule has 0 aliphatic heterocycles. The van der Waals surface area contributed by atoms with Crippen LogP contribution in [0.1, 0.15) is 17.0 Å². The van der Waals surface area contributed by atoms with Gasteiger partial charge in [-0.3, -0.25) is 0 Å². The standard InChI is InChI=1S/C23H23N3O2/c1-14-15(2)24-23-21(17-9-11-19(27-4)12-10-17)22(25-26(23)16(14)3)18-7-6-8-20(13-18)28-5/h6-13H,1-5H3. The van der Waals surface area contributed by atoms with Gasteiger partial charge in [0.15, 0.2) is 5.65 Å². The molecule has 0 fully saturated rings. The highest BCUT2D eigenvalue weighted by Crippen LogP contribution is 2.37. The van der Waals surface area contributed by atoms with Gasteiger partial charge in [-0.2, -0.15) is 5.10 Å². The number of fused-ring (bicyclic) bond motifs is 1. The van der Waals surface area contributed by atoms with Crippen molar-refractivity contribution < 1.29 is 9.47 Å².